The van der Waals surface area contributed by atoms with Crippen molar-refractivity contribution in [3.05, 3.63) is 46.4 Å². The molecule has 0 aromatic carbocycles. The molecular formula is C18H17Cl2N5O. The van der Waals surface area contributed by atoms with Crippen molar-refractivity contribution >= 4 is 46.1 Å². The summed E-state index contributed by atoms with van der Waals surface area (Å²) in [5.74, 6) is 0.604. The Morgan fingerprint density at radius 3 is 2.58 bits per heavy atom. The van der Waals surface area contributed by atoms with Gasteiger partial charge < -0.3 is 4.40 Å². The lowest BCUT2D eigenvalue weighted by molar-refractivity contribution is -0.121. The van der Waals surface area contributed by atoms with Crippen LogP contribution in [0.1, 0.15) is 44.9 Å². The van der Waals surface area contributed by atoms with E-state index < -0.39 is 5.41 Å². The first kappa shape index (κ1) is 17.2. The summed E-state index contributed by atoms with van der Waals surface area (Å²) in [5, 5.41) is 0.210. The average Bonchev–Trinajstić information content (AvgIpc) is 3.04. The molecule has 3 aromatic heterocycles. The number of rotatable bonds is 2. The smallest absolute Gasteiger partial charge is 0.243 e. The fraction of sp³-hybridized carbons (Fsp3) is 0.333. The molecule has 1 amide bonds. The van der Waals surface area contributed by atoms with Crippen LogP contribution in [0.3, 0.4) is 0 Å². The molecule has 0 atom stereocenters. The zero-order valence-corrected chi connectivity index (χ0v) is 16.3. The Morgan fingerprint density at radius 2 is 1.88 bits per heavy atom. The van der Waals surface area contributed by atoms with Gasteiger partial charge in [-0.25, -0.2) is 9.97 Å². The van der Waals surface area contributed by atoms with Gasteiger partial charge in [-0.15, -0.1) is 0 Å². The Balaban J connectivity index is 1.92. The molecule has 0 saturated carbocycles. The number of amides is 1. The van der Waals surface area contributed by atoms with Crippen molar-refractivity contribution in [1.82, 2.24) is 19.4 Å². The number of hydrogen-bond acceptors (Lipinski definition) is 4. The van der Waals surface area contributed by atoms with E-state index in [1.54, 1.807) is 11.2 Å². The van der Waals surface area contributed by atoms with Crippen LogP contribution >= 0.6 is 23.2 Å². The molecule has 0 bridgehead atoms. The number of nitrogens with zero attached hydrogens (tertiary/aromatic N) is 5. The highest BCUT2D eigenvalue weighted by molar-refractivity contribution is 6.34. The van der Waals surface area contributed by atoms with Crippen molar-refractivity contribution in [2.75, 3.05) is 4.90 Å². The van der Waals surface area contributed by atoms with Gasteiger partial charge in [0.25, 0.3) is 0 Å². The number of imidazole rings is 1. The van der Waals surface area contributed by atoms with E-state index in [1.807, 2.05) is 36.6 Å². The van der Waals surface area contributed by atoms with Crippen molar-refractivity contribution < 1.29 is 4.79 Å². The number of aromatic nitrogens is 4. The van der Waals surface area contributed by atoms with E-state index >= 15 is 0 Å². The summed E-state index contributed by atoms with van der Waals surface area (Å²) >= 11 is 12.3. The summed E-state index contributed by atoms with van der Waals surface area (Å²) in [6, 6.07) is 3.84. The molecule has 3 aromatic rings. The van der Waals surface area contributed by atoms with Crippen LogP contribution in [-0.4, -0.2) is 25.3 Å². The van der Waals surface area contributed by atoms with E-state index in [0.717, 1.165) is 11.2 Å². The summed E-state index contributed by atoms with van der Waals surface area (Å²) in [5.41, 5.74) is 2.44. The summed E-state index contributed by atoms with van der Waals surface area (Å²) in [6.07, 6.45) is 3.61. The summed E-state index contributed by atoms with van der Waals surface area (Å²) in [7, 11) is 0. The number of anilines is 2. The maximum absolute atomic E-state index is 13.1. The standard InChI is InChI=1S/C18H17Cl2N5O/c1-9(2)13-11-6-5-10(7-24(11)8-21-13)25-15-12(18(3,4)16(25)26)14(19)22-17(20)23-15/h5-9H,1-4H3. The molecule has 4 rings (SSSR count). The van der Waals surface area contributed by atoms with E-state index in [2.05, 4.69) is 28.8 Å². The lowest BCUT2D eigenvalue weighted by atomic mass is 9.88. The Morgan fingerprint density at radius 1 is 1.15 bits per heavy atom. The molecule has 0 N–H and O–H groups in total. The summed E-state index contributed by atoms with van der Waals surface area (Å²) < 4.78 is 1.91. The van der Waals surface area contributed by atoms with Crippen LogP contribution in [0.2, 0.25) is 10.4 Å². The number of fused-ring (bicyclic) bond motifs is 2. The second kappa shape index (κ2) is 5.66. The molecule has 0 unspecified atom stereocenters. The number of carbonyl (C=O) groups is 1. The van der Waals surface area contributed by atoms with E-state index in [1.165, 1.54) is 0 Å². The van der Waals surface area contributed by atoms with E-state index in [-0.39, 0.29) is 16.3 Å². The number of pyridine rings is 1. The molecule has 8 heteroatoms. The highest BCUT2D eigenvalue weighted by atomic mass is 35.5. The minimum atomic E-state index is -0.843. The molecule has 1 aliphatic heterocycles. The fourth-order valence-corrected chi connectivity index (χ4v) is 4.01. The molecule has 6 nitrogen and oxygen atoms in total. The first-order chi connectivity index (χ1) is 12.2. The summed E-state index contributed by atoms with van der Waals surface area (Å²) in [6.45, 7) is 7.81. The number of halogens is 2. The van der Waals surface area contributed by atoms with Gasteiger partial charge in [-0.3, -0.25) is 9.69 Å². The highest BCUT2D eigenvalue weighted by Gasteiger charge is 2.48. The van der Waals surface area contributed by atoms with E-state index in [9.17, 15) is 4.79 Å². The van der Waals surface area contributed by atoms with Gasteiger partial charge in [0.05, 0.1) is 28.6 Å². The number of hydrogen-bond donors (Lipinski definition) is 0. The normalized spacial score (nSPS) is 16.0. The zero-order valence-electron chi connectivity index (χ0n) is 14.8. The fourth-order valence-electron chi connectivity index (χ4n) is 3.41. The van der Waals surface area contributed by atoms with Gasteiger partial charge in [-0.2, -0.15) is 4.98 Å². The molecule has 26 heavy (non-hydrogen) atoms. The van der Waals surface area contributed by atoms with E-state index in [0.29, 0.717) is 23.0 Å². The minimum Gasteiger partial charge on any atom is -0.304 e. The maximum Gasteiger partial charge on any atom is 0.243 e. The largest absolute Gasteiger partial charge is 0.304 e. The highest BCUT2D eigenvalue weighted by Crippen LogP contribution is 2.47. The number of carbonyl (C=O) groups excluding carboxylic acids is 1. The molecule has 134 valence electrons. The zero-order chi connectivity index (χ0) is 18.8. The van der Waals surface area contributed by atoms with Gasteiger partial charge in [0.1, 0.15) is 5.15 Å². The third-order valence-corrected chi connectivity index (χ3v) is 5.19. The van der Waals surface area contributed by atoms with Crippen LogP contribution in [0.15, 0.2) is 24.7 Å². The Labute approximate surface area is 160 Å². The Bertz CT molecular complexity index is 1060. The van der Waals surface area contributed by atoms with Gasteiger partial charge in [0.15, 0.2) is 5.82 Å². The SMILES string of the molecule is CC(C)c1ncn2cc(N3C(=O)C(C)(C)c4c(Cl)nc(Cl)nc43)ccc12. The van der Waals surface area contributed by atoms with Gasteiger partial charge in [0.2, 0.25) is 11.2 Å². The van der Waals surface area contributed by atoms with Crippen LogP contribution < -0.4 is 4.90 Å². The van der Waals surface area contributed by atoms with Crippen molar-refractivity contribution in [2.24, 2.45) is 0 Å². The van der Waals surface area contributed by atoms with E-state index in [4.69, 9.17) is 23.2 Å². The molecule has 4 heterocycles. The lowest BCUT2D eigenvalue weighted by Crippen LogP contribution is -2.33. The third-order valence-electron chi connectivity index (χ3n) is 4.74. The predicted octanol–water partition coefficient (Wildman–Crippen LogP) is 4.51. The molecule has 1 aliphatic rings. The second-order valence-electron chi connectivity index (χ2n) is 7.21. The van der Waals surface area contributed by atoms with Crippen LogP contribution in [0.5, 0.6) is 0 Å². The first-order valence-electron chi connectivity index (χ1n) is 8.26. The maximum atomic E-state index is 13.1. The monoisotopic (exact) mass is 389 g/mol. The van der Waals surface area contributed by atoms with Crippen LogP contribution in [0.4, 0.5) is 11.5 Å². The quantitative estimate of drug-likeness (QED) is 0.477. The second-order valence-corrected chi connectivity index (χ2v) is 7.91. The van der Waals surface area contributed by atoms with Gasteiger partial charge in [-0.1, -0.05) is 25.4 Å². The van der Waals surface area contributed by atoms with Crippen LogP contribution in [0, 0.1) is 0 Å². The molecular weight excluding hydrogens is 373 g/mol. The van der Waals surface area contributed by atoms with Gasteiger partial charge in [0, 0.05) is 11.8 Å². The lowest BCUT2D eigenvalue weighted by Gasteiger charge is -2.20. The molecule has 0 radical (unpaired) electrons. The molecule has 0 fully saturated rings. The third kappa shape index (κ3) is 2.32. The molecule has 0 saturated heterocycles. The van der Waals surface area contributed by atoms with Crippen LogP contribution in [-0.2, 0) is 10.2 Å². The van der Waals surface area contributed by atoms with Crippen molar-refractivity contribution in [3.63, 3.8) is 0 Å². The van der Waals surface area contributed by atoms with Gasteiger partial charge in [-0.05, 0) is 43.5 Å². The van der Waals surface area contributed by atoms with Crippen molar-refractivity contribution in [2.45, 2.75) is 39.0 Å². The van der Waals surface area contributed by atoms with Crippen molar-refractivity contribution in [1.29, 1.82) is 0 Å². The predicted molar refractivity (Wildman–Crippen MR) is 102 cm³/mol. The van der Waals surface area contributed by atoms with Crippen LogP contribution in [0.25, 0.3) is 5.52 Å². The van der Waals surface area contributed by atoms with Gasteiger partial charge >= 0.3 is 0 Å². The summed E-state index contributed by atoms with van der Waals surface area (Å²) in [4.78, 5) is 27.4. The Kier molecular flexibility index (Phi) is 3.75. The molecule has 0 aliphatic carbocycles. The average molecular weight is 390 g/mol. The molecule has 0 spiro atoms. The van der Waals surface area contributed by atoms with Crippen molar-refractivity contribution in [3.8, 4) is 0 Å². The Hall–Kier alpha value is -2.18. The first-order valence-corrected chi connectivity index (χ1v) is 9.02. The topological polar surface area (TPSA) is 63.4 Å². The minimum absolute atomic E-state index is 0.00931.